The van der Waals surface area contributed by atoms with E-state index in [1.807, 2.05) is 72.8 Å². The Morgan fingerprint density at radius 1 is 0.816 bits per heavy atom. The lowest BCUT2D eigenvalue weighted by Crippen LogP contribution is -2.06. The first kappa shape index (κ1) is 28.9. The van der Waals surface area contributed by atoms with Gasteiger partial charge in [-0.15, -0.1) is 0 Å². The molecule has 7 heteroatoms. The molecule has 0 aromatic heterocycles. The first-order valence-electron chi connectivity index (χ1n) is 12.7. The van der Waals surface area contributed by atoms with Crippen molar-refractivity contribution in [2.24, 2.45) is 0 Å². The molecule has 200 valence electrons. The van der Waals surface area contributed by atoms with Gasteiger partial charge in [0.2, 0.25) is 0 Å². The Hall–Kier alpha value is -3.71. The van der Waals surface area contributed by atoms with Crippen LogP contribution in [0.2, 0.25) is 0 Å². The topological polar surface area (TPSA) is 93.1 Å². The second-order valence-corrected chi connectivity index (χ2v) is 10.1. The molecule has 0 amide bonds. The van der Waals surface area contributed by atoms with Crippen molar-refractivity contribution >= 4 is 29.8 Å². The zero-order valence-corrected chi connectivity index (χ0v) is 22.1. The summed E-state index contributed by atoms with van der Waals surface area (Å²) in [4.78, 5) is 22.0. The van der Waals surface area contributed by atoms with E-state index in [0.717, 1.165) is 41.2 Å². The molecule has 0 bridgehead atoms. The molecular formula is C31H34O6S. The van der Waals surface area contributed by atoms with E-state index in [4.69, 9.17) is 19.7 Å². The summed E-state index contributed by atoms with van der Waals surface area (Å²) >= 11 is 1.70. The van der Waals surface area contributed by atoms with E-state index in [9.17, 15) is 9.59 Å². The normalized spacial score (nSPS) is 11.8. The number of carbonyl (C=O) groups is 2. The highest BCUT2D eigenvalue weighted by molar-refractivity contribution is 8.00. The van der Waals surface area contributed by atoms with E-state index < -0.39 is 11.9 Å². The molecule has 0 fully saturated rings. The van der Waals surface area contributed by atoms with E-state index in [0.29, 0.717) is 26.1 Å². The van der Waals surface area contributed by atoms with Crippen LogP contribution in [0.5, 0.6) is 11.5 Å². The number of thioether (sulfide) groups is 1. The zero-order valence-electron chi connectivity index (χ0n) is 21.3. The van der Waals surface area contributed by atoms with Crippen molar-refractivity contribution in [2.45, 2.75) is 37.4 Å². The summed E-state index contributed by atoms with van der Waals surface area (Å²) in [6.07, 6.45) is 7.38. The molecule has 0 radical (unpaired) electrons. The summed E-state index contributed by atoms with van der Waals surface area (Å²) < 4.78 is 11.8. The molecule has 2 N–H and O–H groups in total. The van der Waals surface area contributed by atoms with Gasteiger partial charge in [-0.2, -0.15) is 11.8 Å². The van der Waals surface area contributed by atoms with E-state index >= 15 is 0 Å². The Bertz CT molecular complexity index is 1160. The molecule has 0 saturated carbocycles. The lowest BCUT2D eigenvalue weighted by atomic mass is 10.1. The Morgan fingerprint density at radius 3 is 2.21 bits per heavy atom. The van der Waals surface area contributed by atoms with Gasteiger partial charge in [-0.1, -0.05) is 60.7 Å². The zero-order chi connectivity index (χ0) is 27.0. The summed E-state index contributed by atoms with van der Waals surface area (Å²) in [6, 6.07) is 24.6. The highest BCUT2D eigenvalue weighted by Gasteiger charge is 2.10. The maximum absolute atomic E-state index is 11.2. The minimum atomic E-state index is -0.948. The summed E-state index contributed by atoms with van der Waals surface area (Å²) in [7, 11) is 0. The van der Waals surface area contributed by atoms with Crippen molar-refractivity contribution in [3.8, 4) is 11.5 Å². The highest BCUT2D eigenvalue weighted by atomic mass is 32.2. The number of hydrogen-bond acceptors (Lipinski definition) is 5. The van der Waals surface area contributed by atoms with Crippen LogP contribution in [-0.4, -0.2) is 46.4 Å². The summed E-state index contributed by atoms with van der Waals surface area (Å²) in [6.45, 7) is 1.23. The monoisotopic (exact) mass is 534 g/mol. The van der Waals surface area contributed by atoms with Crippen molar-refractivity contribution in [2.75, 3.05) is 19.0 Å². The van der Waals surface area contributed by atoms with Crippen molar-refractivity contribution in [1.82, 2.24) is 0 Å². The van der Waals surface area contributed by atoms with Crippen LogP contribution in [0, 0.1) is 0 Å². The molecule has 1 unspecified atom stereocenters. The van der Waals surface area contributed by atoms with Gasteiger partial charge in [0.05, 0.1) is 18.8 Å². The van der Waals surface area contributed by atoms with Gasteiger partial charge >= 0.3 is 11.9 Å². The van der Waals surface area contributed by atoms with Gasteiger partial charge < -0.3 is 19.7 Å². The lowest BCUT2D eigenvalue weighted by molar-refractivity contribution is -0.137. The third-order valence-electron chi connectivity index (χ3n) is 5.72. The SMILES string of the molecule is O=C(O)CCCSC(C=Cc1ccccc1OCCCCOc1ccccc1)Cc1ccc(C(=O)O)cc1. The summed E-state index contributed by atoms with van der Waals surface area (Å²) in [5.74, 6) is 0.666. The molecule has 0 spiro atoms. The van der Waals surface area contributed by atoms with E-state index in [-0.39, 0.29) is 17.2 Å². The molecule has 0 saturated heterocycles. The van der Waals surface area contributed by atoms with Crippen LogP contribution >= 0.6 is 11.8 Å². The molecule has 3 aromatic rings. The molecule has 0 aliphatic heterocycles. The molecule has 0 aliphatic carbocycles. The number of carboxylic acids is 2. The Morgan fingerprint density at radius 2 is 1.50 bits per heavy atom. The lowest BCUT2D eigenvalue weighted by Gasteiger charge is -2.14. The fourth-order valence-corrected chi connectivity index (χ4v) is 4.82. The minimum absolute atomic E-state index is 0.0997. The number of aliphatic carboxylic acids is 1. The summed E-state index contributed by atoms with van der Waals surface area (Å²) in [5.41, 5.74) is 2.26. The van der Waals surface area contributed by atoms with Gasteiger partial charge in [-0.05, 0) is 67.3 Å². The van der Waals surface area contributed by atoms with Crippen LogP contribution in [0.4, 0.5) is 0 Å². The fourth-order valence-electron chi connectivity index (χ4n) is 3.71. The molecule has 0 heterocycles. The van der Waals surface area contributed by atoms with Crippen LogP contribution in [0.25, 0.3) is 6.08 Å². The van der Waals surface area contributed by atoms with E-state index in [1.165, 1.54) is 0 Å². The van der Waals surface area contributed by atoms with Crippen molar-refractivity contribution in [1.29, 1.82) is 0 Å². The van der Waals surface area contributed by atoms with Gasteiger partial charge in [-0.25, -0.2) is 4.79 Å². The highest BCUT2D eigenvalue weighted by Crippen LogP contribution is 2.24. The number of rotatable bonds is 17. The smallest absolute Gasteiger partial charge is 0.335 e. The summed E-state index contributed by atoms with van der Waals surface area (Å²) in [5, 5.41) is 18.2. The second kappa shape index (κ2) is 16.2. The van der Waals surface area contributed by atoms with Crippen molar-refractivity contribution in [3.05, 3.63) is 102 Å². The van der Waals surface area contributed by atoms with Gasteiger partial charge in [0.25, 0.3) is 0 Å². The number of aromatic carboxylic acids is 1. The van der Waals surface area contributed by atoms with Crippen molar-refractivity contribution in [3.63, 3.8) is 0 Å². The Kier molecular flexibility index (Phi) is 12.3. The predicted molar refractivity (Wildman–Crippen MR) is 152 cm³/mol. The third-order valence-corrected chi connectivity index (χ3v) is 7.00. The van der Waals surface area contributed by atoms with Gasteiger partial charge in [0, 0.05) is 17.2 Å². The quantitative estimate of drug-likeness (QED) is 0.183. The number of ether oxygens (including phenoxy) is 2. The molecule has 38 heavy (non-hydrogen) atoms. The minimum Gasteiger partial charge on any atom is -0.494 e. The average Bonchev–Trinajstić information content (AvgIpc) is 2.92. The van der Waals surface area contributed by atoms with Gasteiger partial charge in [0.1, 0.15) is 11.5 Å². The molecule has 3 aromatic carbocycles. The van der Waals surface area contributed by atoms with E-state index in [1.54, 1.807) is 23.9 Å². The predicted octanol–water partition coefficient (Wildman–Crippen LogP) is 6.85. The Balaban J connectivity index is 1.56. The number of carboxylic acid groups (broad SMARTS) is 2. The maximum Gasteiger partial charge on any atom is 0.335 e. The van der Waals surface area contributed by atoms with Crippen LogP contribution in [-0.2, 0) is 11.2 Å². The first-order chi connectivity index (χ1) is 18.5. The van der Waals surface area contributed by atoms with Gasteiger partial charge in [0.15, 0.2) is 0 Å². The Labute approximate surface area is 228 Å². The van der Waals surface area contributed by atoms with Crippen LogP contribution in [0.3, 0.4) is 0 Å². The first-order valence-corrected chi connectivity index (χ1v) is 13.8. The van der Waals surface area contributed by atoms with Crippen LogP contribution in [0.1, 0.15) is 47.2 Å². The maximum atomic E-state index is 11.2. The number of hydrogen-bond donors (Lipinski definition) is 2. The number of para-hydroxylation sites is 2. The standard InChI is InChI=1S/C31H34O6S/c32-30(33)13-8-22-38-28(23-24-14-16-26(17-15-24)31(34)35)19-18-25-9-4-5-12-29(25)37-21-7-6-20-36-27-10-2-1-3-11-27/h1-5,9-12,14-19,28H,6-8,13,20-23H2,(H,32,33)(H,34,35). The molecule has 3 rings (SSSR count). The second-order valence-electron chi connectivity index (χ2n) is 8.73. The fraction of sp³-hybridized carbons (Fsp3) is 0.290. The molecule has 1 atom stereocenters. The molecule has 0 aliphatic rings. The van der Waals surface area contributed by atoms with Crippen LogP contribution in [0.15, 0.2) is 84.9 Å². The van der Waals surface area contributed by atoms with E-state index in [2.05, 4.69) is 6.08 Å². The number of unbranched alkanes of at least 4 members (excludes halogenated alkanes) is 1. The van der Waals surface area contributed by atoms with Crippen LogP contribution < -0.4 is 9.47 Å². The average molecular weight is 535 g/mol. The number of benzene rings is 3. The third kappa shape index (κ3) is 10.7. The van der Waals surface area contributed by atoms with Crippen molar-refractivity contribution < 1.29 is 29.3 Å². The molecular weight excluding hydrogens is 500 g/mol. The molecule has 6 nitrogen and oxygen atoms in total. The van der Waals surface area contributed by atoms with Gasteiger partial charge in [-0.3, -0.25) is 4.79 Å². The largest absolute Gasteiger partial charge is 0.494 e.